The van der Waals surface area contributed by atoms with Crippen LogP contribution in [-0.2, 0) is 4.74 Å². The topological polar surface area (TPSA) is 91.8 Å². The van der Waals surface area contributed by atoms with E-state index in [1.807, 2.05) is 6.92 Å². The number of nitroso groups, excluding NO2 is 1. The van der Waals surface area contributed by atoms with Gasteiger partial charge in [-0.25, -0.2) is 4.79 Å². The third kappa shape index (κ3) is 7.83. The first-order valence-electron chi connectivity index (χ1n) is 4.83. The zero-order chi connectivity index (χ0) is 11.5. The van der Waals surface area contributed by atoms with Crippen LogP contribution in [0.3, 0.4) is 0 Å². The van der Waals surface area contributed by atoms with Crippen LogP contribution in [0.15, 0.2) is 5.18 Å². The fourth-order valence-corrected chi connectivity index (χ4v) is 0.903. The fourth-order valence-electron chi connectivity index (χ4n) is 0.903. The lowest BCUT2D eigenvalue weighted by molar-refractivity contribution is 0.170. The van der Waals surface area contributed by atoms with Crippen molar-refractivity contribution in [2.45, 2.75) is 13.1 Å². The van der Waals surface area contributed by atoms with E-state index in [0.29, 0.717) is 6.54 Å². The SMILES string of the molecule is CCNCCNC(CNC(=O)OC)N=O. The molecule has 0 heterocycles. The molecule has 15 heavy (non-hydrogen) atoms. The first-order valence-corrected chi connectivity index (χ1v) is 4.83. The summed E-state index contributed by atoms with van der Waals surface area (Å²) in [5, 5.41) is 11.2. The van der Waals surface area contributed by atoms with Gasteiger partial charge in [-0.2, -0.15) is 0 Å². The van der Waals surface area contributed by atoms with E-state index in [1.165, 1.54) is 7.11 Å². The van der Waals surface area contributed by atoms with Crippen molar-refractivity contribution in [3.8, 4) is 0 Å². The largest absolute Gasteiger partial charge is 0.453 e. The van der Waals surface area contributed by atoms with Crippen molar-refractivity contribution in [1.29, 1.82) is 0 Å². The average molecular weight is 218 g/mol. The summed E-state index contributed by atoms with van der Waals surface area (Å²) in [6.45, 7) is 4.37. The lowest BCUT2D eigenvalue weighted by atomic mass is 10.4. The number of hydrogen-bond donors (Lipinski definition) is 3. The third-order valence-electron chi connectivity index (χ3n) is 1.68. The molecule has 1 atom stereocenters. The molecule has 0 aromatic carbocycles. The van der Waals surface area contributed by atoms with Crippen molar-refractivity contribution < 1.29 is 9.53 Å². The third-order valence-corrected chi connectivity index (χ3v) is 1.68. The number of nitrogens with zero attached hydrogens (tertiary/aromatic N) is 1. The van der Waals surface area contributed by atoms with Gasteiger partial charge < -0.3 is 15.4 Å². The van der Waals surface area contributed by atoms with E-state index in [0.717, 1.165) is 13.1 Å². The maximum atomic E-state index is 10.7. The molecule has 0 aliphatic carbocycles. The van der Waals surface area contributed by atoms with Crippen LogP contribution in [0, 0.1) is 4.91 Å². The molecule has 88 valence electrons. The summed E-state index contributed by atoms with van der Waals surface area (Å²) in [6.07, 6.45) is -1.19. The lowest BCUT2D eigenvalue weighted by Crippen LogP contribution is -2.41. The maximum absolute atomic E-state index is 10.7. The zero-order valence-electron chi connectivity index (χ0n) is 9.08. The van der Waals surface area contributed by atoms with E-state index in [4.69, 9.17) is 0 Å². The smallest absolute Gasteiger partial charge is 0.406 e. The monoisotopic (exact) mass is 218 g/mol. The Hall–Kier alpha value is -1.21. The minimum Gasteiger partial charge on any atom is -0.453 e. The molecule has 0 rings (SSSR count). The van der Waals surface area contributed by atoms with Gasteiger partial charge in [0.15, 0.2) is 6.17 Å². The van der Waals surface area contributed by atoms with Crippen LogP contribution in [0.2, 0.25) is 0 Å². The highest BCUT2D eigenvalue weighted by molar-refractivity contribution is 5.66. The second-order valence-corrected chi connectivity index (χ2v) is 2.80. The Labute approximate surface area is 88.9 Å². The minimum absolute atomic E-state index is 0.127. The van der Waals surface area contributed by atoms with Crippen molar-refractivity contribution in [2.75, 3.05) is 33.3 Å². The predicted octanol–water partition coefficient (Wildman–Crippen LogP) is -0.366. The van der Waals surface area contributed by atoms with Gasteiger partial charge in [0.05, 0.1) is 13.7 Å². The summed E-state index contributed by atoms with van der Waals surface area (Å²) < 4.78 is 4.35. The molecule has 0 saturated carbocycles. The molecule has 7 heteroatoms. The van der Waals surface area contributed by atoms with Crippen molar-refractivity contribution in [3.63, 3.8) is 0 Å². The number of ether oxygens (including phenoxy) is 1. The van der Waals surface area contributed by atoms with E-state index < -0.39 is 12.3 Å². The van der Waals surface area contributed by atoms with Crippen LogP contribution in [0.5, 0.6) is 0 Å². The van der Waals surface area contributed by atoms with Gasteiger partial charge in [0.1, 0.15) is 0 Å². The van der Waals surface area contributed by atoms with Gasteiger partial charge in [-0.3, -0.25) is 5.32 Å². The quantitative estimate of drug-likeness (QED) is 0.382. The number of amides is 1. The average Bonchev–Trinajstić information content (AvgIpc) is 2.27. The molecule has 0 aromatic rings. The molecular weight excluding hydrogens is 200 g/mol. The van der Waals surface area contributed by atoms with Crippen molar-refractivity contribution in [3.05, 3.63) is 4.91 Å². The molecule has 7 nitrogen and oxygen atoms in total. The van der Waals surface area contributed by atoms with Crippen molar-refractivity contribution in [2.24, 2.45) is 5.18 Å². The van der Waals surface area contributed by atoms with Crippen LogP contribution in [0.25, 0.3) is 0 Å². The highest BCUT2D eigenvalue weighted by atomic mass is 16.5. The van der Waals surface area contributed by atoms with Crippen LogP contribution < -0.4 is 16.0 Å². The molecule has 1 amide bonds. The maximum Gasteiger partial charge on any atom is 0.406 e. The summed E-state index contributed by atoms with van der Waals surface area (Å²) in [5.41, 5.74) is 0. The summed E-state index contributed by atoms with van der Waals surface area (Å²) in [6, 6.07) is 0. The van der Waals surface area contributed by atoms with Crippen LogP contribution >= 0.6 is 0 Å². The van der Waals surface area contributed by atoms with Gasteiger partial charge in [0.25, 0.3) is 0 Å². The van der Waals surface area contributed by atoms with Gasteiger partial charge >= 0.3 is 6.09 Å². The second-order valence-electron chi connectivity index (χ2n) is 2.80. The summed E-state index contributed by atoms with van der Waals surface area (Å²) in [7, 11) is 1.26. The van der Waals surface area contributed by atoms with Gasteiger partial charge in [-0.15, -0.1) is 4.91 Å². The predicted molar refractivity (Wildman–Crippen MR) is 56.5 cm³/mol. The Morgan fingerprint density at radius 3 is 2.73 bits per heavy atom. The number of likely N-dealkylation sites (N-methyl/N-ethyl adjacent to an activating group) is 1. The number of nitrogens with one attached hydrogen (secondary N) is 3. The highest BCUT2D eigenvalue weighted by Gasteiger charge is 2.08. The zero-order valence-corrected chi connectivity index (χ0v) is 9.08. The molecular formula is C8H18N4O3. The normalized spacial score (nSPS) is 11.9. The summed E-state index contributed by atoms with van der Waals surface area (Å²) >= 11 is 0. The van der Waals surface area contributed by atoms with E-state index in [-0.39, 0.29) is 6.54 Å². The number of hydrogen-bond acceptors (Lipinski definition) is 6. The van der Waals surface area contributed by atoms with Crippen molar-refractivity contribution in [1.82, 2.24) is 16.0 Å². The summed E-state index contributed by atoms with van der Waals surface area (Å²) in [4.78, 5) is 21.0. The number of alkyl carbamates (subject to hydrolysis) is 1. The molecule has 0 radical (unpaired) electrons. The van der Waals surface area contributed by atoms with E-state index in [2.05, 4.69) is 25.9 Å². The van der Waals surface area contributed by atoms with Gasteiger partial charge in [-0.1, -0.05) is 6.92 Å². The number of carbonyl (C=O) groups excluding carboxylic acids is 1. The fraction of sp³-hybridized carbons (Fsp3) is 0.875. The Kier molecular flexibility index (Phi) is 8.59. The second kappa shape index (κ2) is 9.35. The number of carbonyl (C=O) groups is 1. The standard InChI is InChI=1S/C8H18N4O3/c1-3-9-4-5-10-7(12-14)6-11-8(13)15-2/h7,9-10H,3-6H2,1-2H3,(H,11,13). The number of methoxy groups -OCH3 is 1. The molecule has 0 aliphatic rings. The first-order chi connectivity index (χ1) is 7.24. The lowest BCUT2D eigenvalue weighted by Gasteiger charge is -2.11. The van der Waals surface area contributed by atoms with Crippen molar-refractivity contribution >= 4 is 6.09 Å². The molecule has 0 fully saturated rings. The summed E-state index contributed by atoms with van der Waals surface area (Å²) in [5.74, 6) is 0. The molecule has 0 aliphatic heterocycles. The Balaban J connectivity index is 3.54. The molecule has 0 saturated heterocycles. The first kappa shape index (κ1) is 13.8. The molecule has 0 spiro atoms. The van der Waals surface area contributed by atoms with E-state index in [1.54, 1.807) is 0 Å². The molecule has 0 bridgehead atoms. The van der Waals surface area contributed by atoms with Gasteiger partial charge in [0.2, 0.25) is 0 Å². The minimum atomic E-state index is -0.622. The van der Waals surface area contributed by atoms with Crippen LogP contribution in [0.4, 0.5) is 4.79 Å². The van der Waals surface area contributed by atoms with E-state index >= 15 is 0 Å². The molecule has 1 unspecified atom stereocenters. The highest BCUT2D eigenvalue weighted by Crippen LogP contribution is 1.83. The van der Waals surface area contributed by atoms with Gasteiger partial charge in [0, 0.05) is 13.1 Å². The Bertz CT molecular complexity index is 189. The van der Waals surface area contributed by atoms with E-state index in [9.17, 15) is 9.70 Å². The Morgan fingerprint density at radius 2 is 2.20 bits per heavy atom. The molecule has 3 N–H and O–H groups in total. The Morgan fingerprint density at radius 1 is 1.47 bits per heavy atom. The van der Waals surface area contributed by atoms with Gasteiger partial charge in [-0.05, 0) is 11.7 Å². The number of rotatable bonds is 8. The van der Waals surface area contributed by atoms with Crippen LogP contribution in [-0.4, -0.2) is 45.5 Å². The molecule has 0 aromatic heterocycles. The van der Waals surface area contributed by atoms with Crippen LogP contribution in [0.1, 0.15) is 6.92 Å².